The second-order valence-corrected chi connectivity index (χ2v) is 15.3. The number of furan rings is 1. The Morgan fingerprint density at radius 1 is 0.508 bits per heavy atom. The largest absolute Gasteiger partial charge is 2.00 e. The molecule has 0 aliphatic carbocycles. The van der Waals surface area contributed by atoms with Crippen LogP contribution < -0.4 is 4.90 Å². The summed E-state index contributed by atoms with van der Waals surface area (Å²) in [5, 5.41) is 0.911. The molecule has 0 saturated carbocycles. The Morgan fingerprint density at radius 3 is 1.87 bits per heavy atom. The van der Waals surface area contributed by atoms with Gasteiger partial charge in [-0.3, -0.25) is 4.98 Å². The van der Waals surface area contributed by atoms with Crippen LogP contribution in [0.2, 0.25) is 0 Å². The standard InChI is InChI=1S/C57H38N4O.Pt/c1-60-53-27-14-12-25-51(53)59-57(60)44-22-15-23-47(35-44)61(52-26-13-11-24-49(52)42-20-9-4-10-21-42)48-36-45(40-18-7-3-8-19-40)34-46(37-48)56-50-38-55(62-54(50)32-33-58-56)43-30-28-41(29-31-43)39-16-5-2-6-17-39;/h2-34,36,38H,1H3;/q-2;+2. The van der Waals surface area contributed by atoms with Gasteiger partial charge in [0.1, 0.15) is 11.3 Å². The first-order chi connectivity index (χ1) is 30.6. The molecule has 11 aromatic rings. The van der Waals surface area contributed by atoms with Crippen molar-refractivity contribution in [3.63, 3.8) is 0 Å². The van der Waals surface area contributed by atoms with Crippen LogP contribution in [0, 0.1) is 12.1 Å². The van der Waals surface area contributed by atoms with Gasteiger partial charge in [-0.2, -0.15) is 0 Å². The summed E-state index contributed by atoms with van der Waals surface area (Å²) in [6, 6.07) is 79.1. The van der Waals surface area contributed by atoms with Crippen LogP contribution in [0.3, 0.4) is 0 Å². The summed E-state index contributed by atoms with van der Waals surface area (Å²) in [6.07, 6.45) is 1.82. The third-order valence-electron chi connectivity index (χ3n) is 11.5. The van der Waals surface area contributed by atoms with Crippen molar-refractivity contribution in [2.75, 3.05) is 4.90 Å². The molecule has 0 atom stereocenters. The van der Waals surface area contributed by atoms with E-state index in [1.165, 1.54) is 5.56 Å². The maximum absolute atomic E-state index is 6.57. The van der Waals surface area contributed by atoms with Crippen LogP contribution in [0.4, 0.5) is 17.1 Å². The second-order valence-electron chi connectivity index (χ2n) is 15.3. The normalized spacial score (nSPS) is 11.1. The average molecular weight is 990 g/mol. The van der Waals surface area contributed by atoms with Crippen molar-refractivity contribution >= 4 is 39.1 Å². The monoisotopic (exact) mass is 989 g/mol. The topological polar surface area (TPSA) is 47.1 Å². The molecule has 0 fully saturated rings. The number of imidazole rings is 1. The summed E-state index contributed by atoms with van der Waals surface area (Å²) in [5.41, 5.74) is 15.6. The van der Waals surface area contributed by atoms with Gasteiger partial charge in [-0.15, -0.1) is 53.6 Å². The molecule has 8 aromatic carbocycles. The van der Waals surface area contributed by atoms with E-state index in [0.29, 0.717) is 0 Å². The van der Waals surface area contributed by atoms with E-state index in [1.54, 1.807) is 0 Å². The molecule has 3 heterocycles. The van der Waals surface area contributed by atoms with Gasteiger partial charge in [0, 0.05) is 29.8 Å². The third kappa shape index (κ3) is 7.58. The van der Waals surface area contributed by atoms with E-state index >= 15 is 0 Å². The fourth-order valence-corrected chi connectivity index (χ4v) is 8.40. The van der Waals surface area contributed by atoms with E-state index in [1.807, 2.05) is 36.5 Å². The first kappa shape index (κ1) is 39.5. The molecule has 5 nitrogen and oxygen atoms in total. The van der Waals surface area contributed by atoms with E-state index < -0.39 is 0 Å². The molecular weight excluding hydrogens is 952 g/mol. The fraction of sp³-hybridized carbons (Fsp3) is 0.0175. The molecule has 63 heavy (non-hydrogen) atoms. The van der Waals surface area contributed by atoms with Crippen molar-refractivity contribution in [2.45, 2.75) is 0 Å². The molecule has 0 bridgehead atoms. The van der Waals surface area contributed by atoms with Crippen LogP contribution in [-0.4, -0.2) is 14.5 Å². The molecule has 302 valence electrons. The Bertz CT molecular complexity index is 3360. The summed E-state index contributed by atoms with van der Waals surface area (Å²) >= 11 is 0. The molecule has 0 amide bonds. The van der Waals surface area contributed by atoms with Crippen LogP contribution in [0.1, 0.15) is 0 Å². The van der Waals surface area contributed by atoms with E-state index in [2.05, 4.69) is 205 Å². The summed E-state index contributed by atoms with van der Waals surface area (Å²) < 4.78 is 8.70. The van der Waals surface area contributed by atoms with Crippen LogP contribution in [0.15, 0.2) is 217 Å². The molecule has 0 unspecified atom stereocenters. The number of benzene rings is 8. The van der Waals surface area contributed by atoms with E-state index in [4.69, 9.17) is 14.4 Å². The van der Waals surface area contributed by atoms with Gasteiger partial charge >= 0.3 is 21.1 Å². The zero-order valence-electron chi connectivity index (χ0n) is 34.2. The molecule has 0 aliphatic rings. The molecule has 11 rings (SSSR count). The zero-order valence-corrected chi connectivity index (χ0v) is 36.5. The number of aryl methyl sites for hydroxylation is 1. The van der Waals surface area contributed by atoms with E-state index in [0.717, 1.165) is 101 Å². The molecule has 0 saturated heterocycles. The number of hydrogen-bond donors (Lipinski definition) is 0. The average Bonchev–Trinajstić information content (AvgIpc) is 3.94. The molecule has 0 radical (unpaired) electrons. The Morgan fingerprint density at radius 2 is 1.13 bits per heavy atom. The molecule has 3 aromatic heterocycles. The number of aromatic nitrogens is 3. The van der Waals surface area contributed by atoms with Gasteiger partial charge in [0.15, 0.2) is 0 Å². The van der Waals surface area contributed by atoms with Crippen molar-refractivity contribution < 1.29 is 25.5 Å². The molecular formula is C57H38N4OPt. The minimum atomic E-state index is 0. The minimum Gasteiger partial charge on any atom is -0.457 e. The second kappa shape index (κ2) is 17.0. The van der Waals surface area contributed by atoms with Crippen LogP contribution in [0.5, 0.6) is 0 Å². The molecule has 0 spiro atoms. The van der Waals surface area contributed by atoms with E-state index in [9.17, 15) is 0 Å². The van der Waals surface area contributed by atoms with Crippen LogP contribution in [-0.2, 0) is 28.1 Å². The van der Waals surface area contributed by atoms with E-state index in [-0.39, 0.29) is 21.1 Å². The summed E-state index contributed by atoms with van der Waals surface area (Å²) in [4.78, 5) is 12.4. The van der Waals surface area contributed by atoms with Crippen LogP contribution >= 0.6 is 0 Å². The van der Waals surface area contributed by atoms with Crippen molar-refractivity contribution in [3.05, 3.63) is 225 Å². The maximum Gasteiger partial charge on any atom is 2.00 e. The van der Waals surface area contributed by atoms with Crippen molar-refractivity contribution in [3.8, 4) is 67.3 Å². The van der Waals surface area contributed by atoms with Gasteiger partial charge in [-0.05, 0) is 69.7 Å². The van der Waals surface area contributed by atoms with Crippen molar-refractivity contribution in [1.29, 1.82) is 0 Å². The SMILES string of the molecule is Cn1c(-c2[c-]c(N(c3[c-]c(-c4nccc5oc(-c6ccc(-c7ccccc7)cc6)cc45)cc(-c4ccccc4)c3)c3ccccc3-c3ccccc3)ccc2)nc2ccccc21.[Pt+2]. The number of fused-ring (bicyclic) bond motifs is 2. The smallest absolute Gasteiger partial charge is 0.457 e. The number of rotatable bonds is 9. The number of pyridine rings is 1. The predicted octanol–water partition coefficient (Wildman–Crippen LogP) is 14.8. The van der Waals surface area contributed by atoms with Crippen LogP contribution in [0.25, 0.3) is 89.4 Å². The van der Waals surface area contributed by atoms with Gasteiger partial charge in [0.2, 0.25) is 0 Å². The number of hydrogen-bond acceptors (Lipinski definition) is 4. The summed E-state index contributed by atoms with van der Waals surface area (Å²) in [6.45, 7) is 0. The molecule has 6 heteroatoms. The molecule has 0 N–H and O–H groups in total. The van der Waals surface area contributed by atoms with Gasteiger partial charge in [0.25, 0.3) is 0 Å². The first-order valence-electron chi connectivity index (χ1n) is 20.7. The third-order valence-corrected chi connectivity index (χ3v) is 11.5. The number of para-hydroxylation sites is 3. The van der Waals surface area contributed by atoms with Gasteiger partial charge in [-0.1, -0.05) is 151 Å². The Balaban J connectivity index is 0.00000471. The number of anilines is 3. The maximum atomic E-state index is 6.57. The Labute approximate surface area is 380 Å². The Hall–Kier alpha value is -7.59. The molecule has 0 aliphatic heterocycles. The first-order valence-corrected chi connectivity index (χ1v) is 20.7. The Kier molecular flexibility index (Phi) is 10.7. The van der Waals surface area contributed by atoms with Crippen molar-refractivity contribution in [1.82, 2.24) is 14.5 Å². The minimum absolute atomic E-state index is 0. The quantitative estimate of drug-likeness (QED) is 0.135. The predicted molar refractivity (Wildman–Crippen MR) is 253 cm³/mol. The summed E-state index contributed by atoms with van der Waals surface area (Å²) in [7, 11) is 2.06. The zero-order chi connectivity index (χ0) is 41.4. The van der Waals surface area contributed by atoms with Crippen molar-refractivity contribution in [2.24, 2.45) is 7.05 Å². The number of nitrogens with zero attached hydrogens (tertiary/aromatic N) is 4. The summed E-state index contributed by atoms with van der Waals surface area (Å²) in [5.74, 6) is 1.62. The fourth-order valence-electron chi connectivity index (χ4n) is 8.40. The van der Waals surface area contributed by atoms with Gasteiger partial charge < -0.3 is 18.9 Å². The van der Waals surface area contributed by atoms with Gasteiger partial charge in [-0.25, -0.2) is 0 Å². The van der Waals surface area contributed by atoms with Gasteiger partial charge in [0.05, 0.1) is 22.5 Å².